The fourth-order valence-electron chi connectivity index (χ4n) is 1.89. The number of nitrogens with one attached hydrogen (secondary N) is 1. The van der Waals surface area contributed by atoms with E-state index in [2.05, 4.69) is 10.3 Å². The summed E-state index contributed by atoms with van der Waals surface area (Å²) < 4.78 is 11.0. The van der Waals surface area contributed by atoms with Gasteiger partial charge in [0, 0.05) is 20.1 Å². The largest absolute Gasteiger partial charge is 0.444 e. The van der Waals surface area contributed by atoms with E-state index in [1.807, 2.05) is 13.8 Å². The lowest BCUT2D eigenvalue weighted by Crippen LogP contribution is -2.25. The highest BCUT2D eigenvalue weighted by atomic mass is 16.5. The summed E-state index contributed by atoms with van der Waals surface area (Å²) in [5.41, 5.74) is 0.979. The van der Waals surface area contributed by atoms with Crippen LogP contribution < -0.4 is 5.32 Å². The first-order chi connectivity index (χ1) is 7.25. The Morgan fingerprint density at radius 3 is 2.93 bits per heavy atom. The number of aryl methyl sites for hydroxylation is 2. The number of hydrogen-bond acceptors (Lipinski definition) is 4. The van der Waals surface area contributed by atoms with Crippen molar-refractivity contribution >= 4 is 0 Å². The van der Waals surface area contributed by atoms with Crippen LogP contribution in [0.4, 0.5) is 0 Å². The molecule has 15 heavy (non-hydrogen) atoms. The molecule has 1 aromatic rings. The molecule has 84 valence electrons. The van der Waals surface area contributed by atoms with E-state index in [0.29, 0.717) is 6.10 Å². The maximum Gasteiger partial charge on any atom is 0.191 e. The molecule has 1 aromatic heterocycles. The van der Waals surface area contributed by atoms with E-state index in [9.17, 15) is 0 Å². The first kappa shape index (κ1) is 10.6. The van der Waals surface area contributed by atoms with E-state index in [0.717, 1.165) is 37.0 Å². The molecule has 1 N–H and O–H groups in total. The van der Waals surface area contributed by atoms with E-state index in [4.69, 9.17) is 9.15 Å². The van der Waals surface area contributed by atoms with Crippen LogP contribution in [0.2, 0.25) is 0 Å². The lowest BCUT2D eigenvalue weighted by atomic mass is 10.2. The second-order valence-corrected chi connectivity index (χ2v) is 4.01. The summed E-state index contributed by atoms with van der Waals surface area (Å²) in [6.45, 7) is 6.40. The molecule has 0 radical (unpaired) electrons. The molecule has 0 saturated carbocycles. The molecule has 1 fully saturated rings. The molecule has 0 spiro atoms. The Morgan fingerprint density at radius 1 is 1.47 bits per heavy atom. The van der Waals surface area contributed by atoms with Crippen molar-refractivity contribution in [3.8, 4) is 0 Å². The van der Waals surface area contributed by atoms with Gasteiger partial charge in [-0.3, -0.25) is 0 Å². The monoisotopic (exact) mass is 210 g/mol. The molecule has 1 atom stereocenters. The zero-order valence-electron chi connectivity index (χ0n) is 9.38. The number of ether oxygens (including phenoxy) is 1. The van der Waals surface area contributed by atoms with Gasteiger partial charge in [0.2, 0.25) is 0 Å². The minimum Gasteiger partial charge on any atom is -0.444 e. The van der Waals surface area contributed by atoms with Gasteiger partial charge in [0.05, 0.1) is 18.3 Å². The van der Waals surface area contributed by atoms with Gasteiger partial charge in [-0.15, -0.1) is 0 Å². The molecule has 0 amide bonds. The van der Waals surface area contributed by atoms with Crippen LogP contribution >= 0.6 is 0 Å². The van der Waals surface area contributed by atoms with Crippen LogP contribution in [0.5, 0.6) is 0 Å². The third-order valence-corrected chi connectivity index (χ3v) is 2.68. The highest BCUT2D eigenvalue weighted by Crippen LogP contribution is 2.12. The SMILES string of the molecule is Cc1nc(C)c(CNCC2CCCO2)o1. The van der Waals surface area contributed by atoms with Gasteiger partial charge in [-0.2, -0.15) is 0 Å². The molecular formula is C11H18N2O2. The van der Waals surface area contributed by atoms with Crippen LogP contribution in [0.1, 0.15) is 30.2 Å². The van der Waals surface area contributed by atoms with Crippen molar-refractivity contribution in [3.63, 3.8) is 0 Å². The predicted octanol–water partition coefficient (Wildman–Crippen LogP) is 1.56. The van der Waals surface area contributed by atoms with Crippen LogP contribution in [0.3, 0.4) is 0 Å². The van der Waals surface area contributed by atoms with Crippen LogP contribution in [-0.4, -0.2) is 24.2 Å². The minimum atomic E-state index is 0.384. The van der Waals surface area contributed by atoms with E-state index in [1.165, 1.54) is 12.8 Å². The van der Waals surface area contributed by atoms with Gasteiger partial charge < -0.3 is 14.5 Å². The number of oxazole rings is 1. The Morgan fingerprint density at radius 2 is 2.33 bits per heavy atom. The zero-order valence-corrected chi connectivity index (χ0v) is 9.38. The van der Waals surface area contributed by atoms with Crippen LogP contribution in [0.15, 0.2) is 4.42 Å². The first-order valence-corrected chi connectivity index (χ1v) is 5.51. The highest BCUT2D eigenvalue weighted by molar-refractivity contribution is 5.06. The number of aromatic nitrogens is 1. The normalized spacial score (nSPS) is 21.1. The van der Waals surface area contributed by atoms with Crippen LogP contribution in [0, 0.1) is 13.8 Å². The fraction of sp³-hybridized carbons (Fsp3) is 0.727. The summed E-state index contributed by atoms with van der Waals surface area (Å²) in [5, 5.41) is 3.34. The van der Waals surface area contributed by atoms with E-state index in [-0.39, 0.29) is 0 Å². The molecule has 4 heteroatoms. The lowest BCUT2D eigenvalue weighted by Gasteiger charge is -2.09. The standard InChI is InChI=1S/C11H18N2O2/c1-8-11(15-9(2)13-8)7-12-6-10-4-3-5-14-10/h10,12H,3-7H2,1-2H3. The Labute approximate surface area is 90.0 Å². The van der Waals surface area contributed by atoms with Crippen molar-refractivity contribution in [1.82, 2.24) is 10.3 Å². The van der Waals surface area contributed by atoms with Gasteiger partial charge in [0.25, 0.3) is 0 Å². The third kappa shape index (κ3) is 2.79. The van der Waals surface area contributed by atoms with Crippen molar-refractivity contribution in [2.45, 2.75) is 39.3 Å². The third-order valence-electron chi connectivity index (χ3n) is 2.68. The van der Waals surface area contributed by atoms with Gasteiger partial charge >= 0.3 is 0 Å². The van der Waals surface area contributed by atoms with Gasteiger partial charge in [-0.25, -0.2) is 4.98 Å². The van der Waals surface area contributed by atoms with Crippen LogP contribution in [0.25, 0.3) is 0 Å². The van der Waals surface area contributed by atoms with Crippen LogP contribution in [-0.2, 0) is 11.3 Å². The second-order valence-electron chi connectivity index (χ2n) is 4.01. The average molecular weight is 210 g/mol. The Balaban J connectivity index is 1.75. The average Bonchev–Trinajstić information content (AvgIpc) is 2.77. The Hall–Kier alpha value is -0.870. The van der Waals surface area contributed by atoms with Gasteiger partial charge in [0.1, 0.15) is 5.76 Å². The molecule has 1 aliphatic heterocycles. The molecule has 0 aliphatic carbocycles. The zero-order chi connectivity index (χ0) is 10.7. The Bertz CT molecular complexity index is 316. The summed E-state index contributed by atoms with van der Waals surface area (Å²) >= 11 is 0. The summed E-state index contributed by atoms with van der Waals surface area (Å²) in [4.78, 5) is 4.22. The molecule has 0 bridgehead atoms. The smallest absolute Gasteiger partial charge is 0.191 e. The number of rotatable bonds is 4. The molecule has 1 aliphatic rings. The summed E-state index contributed by atoms with van der Waals surface area (Å²) in [6, 6.07) is 0. The van der Waals surface area contributed by atoms with E-state index < -0.39 is 0 Å². The van der Waals surface area contributed by atoms with Crippen molar-refractivity contribution in [3.05, 3.63) is 17.3 Å². The summed E-state index contributed by atoms with van der Waals surface area (Å²) in [5.74, 6) is 1.67. The van der Waals surface area contributed by atoms with Crippen molar-refractivity contribution in [2.75, 3.05) is 13.2 Å². The van der Waals surface area contributed by atoms with Crippen molar-refractivity contribution in [1.29, 1.82) is 0 Å². The molecule has 2 heterocycles. The maximum absolute atomic E-state index is 5.52. The van der Waals surface area contributed by atoms with Gasteiger partial charge in [0.15, 0.2) is 5.89 Å². The predicted molar refractivity (Wildman–Crippen MR) is 56.7 cm³/mol. The second kappa shape index (κ2) is 4.77. The summed E-state index contributed by atoms with van der Waals surface area (Å²) in [6.07, 6.45) is 2.74. The molecule has 0 aromatic carbocycles. The van der Waals surface area contributed by atoms with Gasteiger partial charge in [-0.05, 0) is 19.8 Å². The highest BCUT2D eigenvalue weighted by Gasteiger charge is 2.15. The van der Waals surface area contributed by atoms with E-state index >= 15 is 0 Å². The molecular weight excluding hydrogens is 192 g/mol. The summed E-state index contributed by atoms with van der Waals surface area (Å²) in [7, 11) is 0. The first-order valence-electron chi connectivity index (χ1n) is 5.51. The number of nitrogens with zero attached hydrogens (tertiary/aromatic N) is 1. The lowest BCUT2D eigenvalue weighted by molar-refractivity contribution is 0.109. The Kier molecular flexibility index (Phi) is 3.38. The topological polar surface area (TPSA) is 47.3 Å². The molecule has 2 rings (SSSR count). The van der Waals surface area contributed by atoms with Gasteiger partial charge in [-0.1, -0.05) is 0 Å². The molecule has 4 nitrogen and oxygen atoms in total. The molecule has 1 saturated heterocycles. The quantitative estimate of drug-likeness (QED) is 0.819. The number of hydrogen-bond donors (Lipinski definition) is 1. The minimum absolute atomic E-state index is 0.384. The fourth-order valence-corrected chi connectivity index (χ4v) is 1.89. The molecule has 1 unspecified atom stereocenters. The van der Waals surface area contributed by atoms with E-state index in [1.54, 1.807) is 0 Å². The van der Waals surface area contributed by atoms with Crippen molar-refractivity contribution in [2.24, 2.45) is 0 Å². The van der Waals surface area contributed by atoms with Crippen molar-refractivity contribution < 1.29 is 9.15 Å². The maximum atomic E-state index is 5.52.